The predicted molar refractivity (Wildman–Crippen MR) is 44.3 cm³/mol. The van der Waals surface area contributed by atoms with Crippen molar-refractivity contribution in [2.45, 2.75) is 19.3 Å². The van der Waals surface area contributed by atoms with Gasteiger partial charge in [-0.25, -0.2) is 0 Å². The Bertz CT molecular complexity index is 122. The van der Waals surface area contributed by atoms with Gasteiger partial charge in [-0.3, -0.25) is 0 Å². The van der Waals surface area contributed by atoms with Crippen molar-refractivity contribution in [3.63, 3.8) is 0 Å². The zero-order valence-corrected chi connectivity index (χ0v) is 6.92. The van der Waals surface area contributed by atoms with Gasteiger partial charge < -0.3 is 10.4 Å². The van der Waals surface area contributed by atoms with Crippen molar-refractivity contribution < 1.29 is 5.11 Å². The topological polar surface area (TPSA) is 32.3 Å². The molecule has 2 N–H and O–H groups in total. The maximum atomic E-state index is 8.86. The van der Waals surface area contributed by atoms with Crippen molar-refractivity contribution in [2.75, 3.05) is 19.7 Å². The van der Waals surface area contributed by atoms with Crippen LogP contribution in [0.2, 0.25) is 0 Å². The lowest BCUT2D eigenvalue weighted by Gasteiger charge is -2.30. The molecule has 2 fully saturated rings. The number of hydrogen-bond acceptors (Lipinski definition) is 2. The minimum absolute atomic E-state index is 0.387. The van der Waals surface area contributed by atoms with Crippen molar-refractivity contribution in [1.29, 1.82) is 0 Å². The Labute approximate surface area is 68.0 Å². The smallest absolute Gasteiger partial charge is 0.0433 e. The van der Waals surface area contributed by atoms with E-state index in [1.807, 2.05) is 0 Å². The fourth-order valence-electron chi connectivity index (χ4n) is 2.82. The lowest BCUT2D eigenvalue weighted by Crippen LogP contribution is -2.38. The Morgan fingerprint density at radius 2 is 1.82 bits per heavy atom. The summed E-state index contributed by atoms with van der Waals surface area (Å²) >= 11 is 0. The minimum Gasteiger partial charge on any atom is -0.396 e. The van der Waals surface area contributed by atoms with Gasteiger partial charge in [0.2, 0.25) is 0 Å². The van der Waals surface area contributed by atoms with Gasteiger partial charge in [-0.1, -0.05) is 0 Å². The lowest BCUT2D eigenvalue weighted by atomic mass is 9.84. The summed E-state index contributed by atoms with van der Waals surface area (Å²) in [4.78, 5) is 0. The summed E-state index contributed by atoms with van der Waals surface area (Å²) in [6.07, 6.45) is 3.82. The molecule has 0 unspecified atom stereocenters. The monoisotopic (exact) mass is 155 g/mol. The first-order valence-electron chi connectivity index (χ1n) is 4.73. The molecule has 2 rings (SSSR count). The summed E-state index contributed by atoms with van der Waals surface area (Å²) in [7, 11) is 0. The average Bonchev–Trinajstić information content (AvgIpc) is 2.30. The van der Waals surface area contributed by atoms with Crippen LogP contribution in [0.15, 0.2) is 0 Å². The quantitative estimate of drug-likeness (QED) is 0.612. The Balaban J connectivity index is 1.97. The van der Waals surface area contributed by atoms with Crippen LogP contribution in [0.5, 0.6) is 0 Å². The second kappa shape index (κ2) is 3.11. The maximum Gasteiger partial charge on any atom is 0.0433 e. The normalized spacial score (nSPS) is 42.8. The van der Waals surface area contributed by atoms with Crippen molar-refractivity contribution in [3.05, 3.63) is 0 Å². The lowest BCUT2D eigenvalue weighted by molar-refractivity contribution is 0.179. The molecule has 2 heteroatoms. The van der Waals surface area contributed by atoms with Crippen LogP contribution in [0.1, 0.15) is 19.3 Å². The molecular formula is C9H17NO. The first-order valence-corrected chi connectivity index (χ1v) is 4.73. The third-order valence-corrected chi connectivity index (χ3v) is 3.39. The Hall–Kier alpha value is -0.0800. The summed E-state index contributed by atoms with van der Waals surface area (Å²) in [5.41, 5.74) is 0. The molecule has 0 aromatic rings. The zero-order chi connectivity index (χ0) is 7.68. The zero-order valence-electron chi connectivity index (χ0n) is 6.92. The molecule has 0 amide bonds. The van der Waals surface area contributed by atoms with Crippen molar-refractivity contribution in [1.82, 2.24) is 5.32 Å². The van der Waals surface area contributed by atoms with E-state index in [1.54, 1.807) is 0 Å². The summed E-state index contributed by atoms with van der Waals surface area (Å²) in [6.45, 7) is 2.78. The molecule has 11 heavy (non-hydrogen) atoms. The Morgan fingerprint density at radius 1 is 1.18 bits per heavy atom. The molecule has 1 saturated carbocycles. The van der Waals surface area contributed by atoms with Crippen LogP contribution in [0, 0.1) is 17.8 Å². The van der Waals surface area contributed by atoms with Gasteiger partial charge in [0, 0.05) is 6.61 Å². The van der Waals surface area contributed by atoms with Crippen LogP contribution in [0.3, 0.4) is 0 Å². The van der Waals surface area contributed by atoms with Crippen LogP contribution in [0.4, 0.5) is 0 Å². The molecule has 1 aliphatic heterocycles. The molecule has 1 heterocycles. The van der Waals surface area contributed by atoms with Gasteiger partial charge in [0.1, 0.15) is 0 Å². The van der Waals surface area contributed by atoms with E-state index in [0.717, 1.165) is 24.2 Å². The molecule has 64 valence electrons. The highest BCUT2D eigenvalue weighted by atomic mass is 16.3. The van der Waals surface area contributed by atoms with Crippen molar-refractivity contribution in [3.8, 4) is 0 Å². The van der Waals surface area contributed by atoms with Gasteiger partial charge in [-0.2, -0.15) is 0 Å². The van der Waals surface area contributed by atoms with E-state index in [-0.39, 0.29) is 0 Å². The molecule has 2 nitrogen and oxygen atoms in total. The minimum atomic E-state index is 0.387. The molecule has 0 aromatic heterocycles. The van der Waals surface area contributed by atoms with E-state index in [9.17, 15) is 0 Å². The maximum absolute atomic E-state index is 8.86. The van der Waals surface area contributed by atoms with E-state index in [2.05, 4.69) is 5.32 Å². The summed E-state index contributed by atoms with van der Waals surface area (Å²) in [5, 5.41) is 12.3. The van der Waals surface area contributed by atoms with E-state index in [1.165, 1.54) is 25.9 Å². The van der Waals surface area contributed by atoms with Crippen LogP contribution < -0.4 is 5.32 Å². The largest absolute Gasteiger partial charge is 0.396 e. The first kappa shape index (κ1) is 7.56. The standard InChI is InChI=1S/C9H17NO/c11-4-3-9-7-1-2-8(9)6-10-5-7/h7-11H,1-6H2/t7-,8-/m0/s1. The van der Waals surface area contributed by atoms with Gasteiger partial charge in [0.15, 0.2) is 0 Å². The average molecular weight is 155 g/mol. The molecule has 0 radical (unpaired) electrons. The fourth-order valence-corrected chi connectivity index (χ4v) is 2.82. The third-order valence-electron chi connectivity index (χ3n) is 3.39. The number of aliphatic hydroxyl groups is 1. The van der Waals surface area contributed by atoms with Crippen LogP contribution in [-0.4, -0.2) is 24.8 Å². The van der Waals surface area contributed by atoms with Gasteiger partial charge >= 0.3 is 0 Å². The molecule has 0 aromatic carbocycles. The highest BCUT2D eigenvalue weighted by Gasteiger charge is 2.37. The second-order valence-electron chi connectivity index (χ2n) is 3.93. The number of hydrogen-bond donors (Lipinski definition) is 2. The Morgan fingerprint density at radius 3 is 2.36 bits per heavy atom. The second-order valence-corrected chi connectivity index (χ2v) is 3.93. The molecular weight excluding hydrogens is 138 g/mol. The van der Waals surface area contributed by atoms with Crippen LogP contribution in [-0.2, 0) is 0 Å². The number of aliphatic hydroxyl groups excluding tert-OH is 1. The molecule has 1 aliphatic carbocycles. The summed E-state index contributed by atoms with van der Waals surface area (Å²) in [5.74, 6) is 2.59. The van der Waals surface area contributed by atoms with E-state index in [0.29, 0.717) is 6.61 Å². The van der Waals surface area contributed by atoms with E-state index < -0.39 is 0 Å². The van der Waals surface area contributed by atoms with Crippen molar-refractivity contribution >= 4 is 0 Å². The molecule has 2 bridgehead atoms. The first-order chi connectivity index (χ1) is 5.42. The molecule has 0 spiro atoms. The van der Waals surface area contributed by atoms with Crippen LogP contribution >= 0.6 is 0 Å². The Kier molecular flexibility index (Phi) is 2.14. The fraction of sp³-hybridized carbons (Fsp3) is 1.00. The highest BCUT2D eigenvalue weighted by molar-refractivity contribution is 4.90. The number of rotatable bonds is 2. The van der Waals surface area contributed by atoms with Crippen molar-refractivity contribution in [2.24, 2.45) is 17.8 Å². The van der Waals surface area contributed by atoms with Gasteiger partial charge in [0.05, 0.1) is 0 Å². The highest BCUT2D eigenvalue weighted by Crippen LogP contribution is 2.40. The number of fused-ring (bicyclic) bond motifs is 2. The third kappa shape index (κ3) is 1.30. The molecule has 1 saturated heterocycles. The number of nitrogens with one attached hydrogen (secondary N) is 1. The van der Waals surface area contributed by atoms with Gasteiger partial charge in [-0.15, -0.1) is 0 Å². The van der Waals surface area contributed by atoms with Gasteiger partial charge in [-0.05, 0) is 50.1 Å². The summed E-state index contributed by atoms with van der Waals surface area (Å²) in [6, 6.07) is 0. The van der Waals surface area contributed by atoms with Gasteiger partial charge in [0.25, 0.3) is 0 Å². The van der Waals surface area contributed by atoms with Crippen LogP contribution in [0.25, 0.3) is 0 Å². The number of piperidine rings is 1. The molecule has 2 atom stereocenters. The van der Waals surface area contributed by atoms with E-state index >= 15 is 0 Å². The SMILES string of the molecule is OCCC1[C@H]2CC[C@H]1CNC2. The molecule has 2 aliphatic rings. The van der Waals surface area contributed by atoms with E-state index in [4.69, 9.17) is 5.11 Å². The summed E-state index contributed by atoms with van der Waals surface area (Å²) < 4.78 is 0. The predicted octanol–water partition coefficient (Wildman–Crippen LogP) is 0.614.